The van der Waals surface area contributed by atoms with Crippen LogP contribution in [0.2, 0.25) is 0 Å². The SMILES string of the molecule is CN=C(NCCN1CCN(C(C)=O)CC1)N1CCCC(C)C1.I. The zero-order valence-corrected chi connectivity index (χ0v) is 17.1. The molecule has 2 aliphatic rings. The molecule has 2 fully saturated rings. The first kappa shape index (κ1) is 20.5. The molecule has 2 heterocycles. The van der Waals surface area contributed by atoms with Crippen LogP contribution in [0.15, 0.2) is 4.99 Å². The number of aliphatic imine (C=N–C) groups is 1. The summed E-state index contributed by atoms with van der Waals surface area (Å²) in [4.78, 5) is 22.5. The average Bonchev–Trinajstić information content (AvgIpc) is 2.52. The van der Waals surface area contributed by atoms with Crippen LogP contribution in [0.4, 0.5) is 0 Å². The molecule has 1 atom stereocenters. The number of piperazine rings is 1. The monoisotopic (exact) mass is 437 g/mol. The second-order valence-electron chi connectivity index (χ2n) is 6.52. The van der Waals surface area contributed by atoms with Crippen LogP contribution in [0.1, 0.15) is 26.7 Å². The Bertz CT molecular complexity index is 396. The van der Waals surface area contributed by atoms with E-state index in [4.69, 9.17) is 0 Å². The third-order valence-electron chi connectivity index (χ3n) is 4.70. The van der Waals surface area contributed by atoms with Gasteiger partial charge in [-0.2, -0.15) is 0 Å². The molecule has 134 valence electrons. The molecule has 2 aliphatic heterocycles. The number of nitrogens with one attached hydrogen (secondary N) is 1. The summed E-state index contributed by atoms with van der Waals surface area (Å²) in [5, 5.41) is 3.49. The van der Waals surface area contributed by atoms with E-state index in [1.54, 1.807) is 6.92 Å². The lowest BCUT2D eigenvalue weighted by Crippen LogP contribution is -2.51. The van der Waals surface area contributed by atoms with Gasteiger partial charge in [0.25, 0.3) is 0 Å². The van der Waals surface area contributed by atoms with Crippen LogP contribution < -0.4 is 5.32 Å². The molecule has 0 bridgehead atoms. The van der Waals surface area contributed by atoms with E-state index >= 15 is 0 Å². The van der Waals surface area contributed by atoms with Crippen molar-refractivity contribution < 1.29 is 4.79 Å². The van der Waals surface area contributed by atoms with Gasteiger partial charge in [0.05, 0.1) is 0 Å². The Labute approximate surface area is 157 Å². The van der Waals surface area contributed by atoms with Gasteiger partial charge in [0, 0.05) is 66.3 Å². The minimum Gasteiger partial charge on any atom is -0.355 e. The molecule has 0 aromatic carbocycles. The lowest BCUT2D eigenvalue weighted by atomic mass is 10.0. The molecule has 0 aromatic heterocycles. The van der Waals surface area contributed by atoms with Crippen molar-refractivity contribution in [3.05, 3.63) is 0 Å². The van der Waals surface area contributed by atoms with Crippen molar-refractivity contribution in [2.45, 2.75) is 26.7 Å². The molecule has 1 N–H and O–H groups in total. The summed E-state index contributed by atoms with van der Waals surface area (Å²) in [6.07, 6.45) is 2.59. The smallest absolute Gasteiger partial charge is 0.219 e. The first-order chi connectivity index (χ1) is 10.6. The van der Waals surface area contributed by atoms with Crippen LogP contribution in [-0.2, 0) is 4.79 Å². The summed E-state index contributed by atoms with van der Waals surface area (Å²) in [5.41, 5.74) is 0. The molecule has 7 heteroatoms. The van der Waals surface area contributed by atoms with Gasteiger partial charge in [-0.25, -0.2) is 0 Å². The molecule has 0 saturated carbocycles. The van der Waals surface area contributed by atoms with E-state index in [9.17, 15) is 4.79 Å². The molecule has 1 unspecified atom stereocenters. The number of nitrogens with zero attached hydrogens (tertiary/aromatic N) is 4. The van der Waals surface area contributed by atoms with Crippen LogP contribution in [0.5, 0.6) is 0 Å². The van der Waals surface area contributed by atoms with E-state index in [0.29, 0.717) is 0 Å². The third kappa shape index (κ3) is 6.45. The largest absolute Gasteiger partial charge is 0.355 e. The molecular formula is C16H32IN5O. The van der Waals surface area contributed by atoms with E-state index < -0.39 is 0 Å². The van der Waals surface area contributed by atoms with Crippen LogP contribution in [0, 0.1) is 5.92 Å². The van der Waals surface area contributed by atoms with Crippen molar-refractivity contribution >= 4 is 35.8 Å². The Morgan fingerprint density at radius 2 is 1.87 bits per heavy atom. The van der Waals surface area contributed by atoms with Gasteiger partial charge in [0.15, 0.2) is 5.96 Å². The summed E-state index contributed by atoms with van der Waals surface area (Å²) in [6, 6.07) is 0. The molecule has 2 rings (SSSR count). The Morgan fingerprint density at radius 3 is 2.43 bits per heavy atom. The minimum atomic E-state index is 0. The van der Waals surface area contributed by atoms with Crippen molar-refractivity contribution in [1.29, 1.82) is 0 Å². The van der Waals surface area contributed by atoms with E-state index in [1.807, 2.05) is 11.9 Å². The number of carbonyl (C=O) groups is 1. The predicted octanol–water partition coefficient (Wildman–Crippen LogP) is 1.08. The average molecular weight is 437 g/mol. The maximum Gasteiger partial charge on any atom is 0.219 e. The number of piperidine rings is 1. The topological polar surface area (TPSA) is 51.2 Å². The van der Waals surface area contributed by atoms with E-state index in [1.165, 1.54) is 12.8 Å². The first-order valence-electron chi connectivity index (χ1n) is 8.53. The van der Waals surface area contributed by atoms with Crippen molar-refractivity contribution in [1.82, 2.24) is 20.0 Å². The molecule has 0 aliphatic carbocycles. The van der Waals surface area contributed by atoms with Crippen molar-refractivity contribution in [2.24, 2.45) is 10.9 Å². The zero-order valence-electron chi connectivity index (χ0n) is 14.8. The summed E-state index contributed by atoms with van der Waals surface area (Å²) in [5.74, 6) is 1.98. The normalized spacial score (nSPS) is 23.4. The highest BCUT2D eigenvalue weighted by Crippen LogP contribution is 2.15. The summed E-state index contributed by atoms with van der Waals surface area (Å²) in [6.45, 7) is 11.8. The fourth-order valence-corrected chi connectivity index (χ4v) is 3.33. The fraction of sp³-hybridized carbons (Fsp3) is 0.875. The maximum atomic E-state index is 11.3. The number of guanidine groups is 1. The molecule has 2 saturated heterocycles. The number of carbonyl (C=O) groups excluding carboxylic acids is 1. The highest BCUT2D eigenvalue weighted by Gasteiger charge is 2.20. The molecule has 23 heavy (non-hydrogen) atoms. The fourth-order valence-electron chi connectivity index (χ4n) is 3.33. The number of rotatable bonds is 3. The number of likely N-dealkylation sites (tertiary alicyclic amines) is 1. The van der Waals surface area contributed by atoms with Crippen LogP contribution >= 0.6 is 24.0 Å². The van der Waals surface area contributed by atoms with Crippen LogP contribution in [0.3, 0.4) is 0 Å². The van der Waals surface area contributed by atoms with Crippen LogP contribution in [-0.4, -0.2) is 86.0 Å². The molecule has 1 amide bonds. The summed E-state index contributed by atoms with van der Waals surface area (Å²) < 4.78 is 0. The standard InChI is InChI=1S/C16H31N5O.HI/c1-14-5-4-7-21(13-14)16(17-3)18-6-8-19-9-11-20(12-10-19)15(2)22;/h14H,4-13H2,1-3H3,(H,17,18);1H. The number of amides is 1. The Kier molecular flexibility index (Phi) is 9.19. The maximum absolute atomic E-state index is 11.3. The Balaban J connectivity index is 0.00000264. The molecule has 0 radical (unpaired) electrons. The van der Waals surface area contributed by atoms with Gasteiger partial charge in [-0.1, -0.05) is 6.92 Å². The third-order valence-corrected chi connectivity index (χ3v) is 4.70. The van der Waals surface area contributed by atoms with Gasteiger partial charge in [-0.15, -0.1) is 24.0 Å². The molecule has 0 spiro atoms. The van der Waals surface area contributed by atoms with Crippen molar-refractivity contribution in [3.8, 4) is 0 Å². The van der Waals surface area contributed by atoms with Crippen molar-refractivity contribution in [3.63, 3.8) is 0 Å². The van der Waals surface area contributed by atoms with E-state index in [2.05, 4.69) is 27.0 Å². The minimum absolute atomic E-state index is 0. The molecular weight excluding hydrogens is 405 g/mol. The highest BCUT2D eigenvalue weighted by atomic mass is 127. The Hall–Kier alpha value is -0.570. The Morgan fingerprint density at radius 1 is 1.17 bits per heavy atom. The molecule has 6 nitrogen and oxygen atoms in total. The highest BCUT2D eigenvalue weighted by molar-refractivity contribution is 14.0. The number of halogens is 1. The van der Waals surface area contributed by atoms with Gasteiger partial charge >= 0.3 is 0 Å². The number of hydrogen-bond acceptors (Lipinski definition) is 3. The predicted molar refractivity (Wildman–Crippen MR) is 105 cm³/mol. The second-order valence-corrected chi connectivity index (χ2v) is 6.52. The second kappa shape index (κ2) is 10.3. The molecule has 0 aromatic rings. The quantitative estimate of drug-likeness (QED) is 0.408. The van der Waals surface area contributed by atoms with E-state index in [0.717, 1.165) is 64.2 Å². The lowest BCUT2D eigenvalue weighted by molar-refractivity contribution is -0.130. The van der Waals surface area contributed by atoms with Crippen molar-refractivity contribution in [2.75, 3.05) is 59.4 Å². The lowest BCUT2D eigenvalue weighted by Gasteiger charge is -2.35. The first-order valence-corrected chi connectivity index (χ1v) is 8.53. The zero-order chi connectivity index (χ0) is 15.9. The van der Waals surface area contributed by atoms with Gasteiger partial charge in [0.1, 0.15) is 0 Å². The van der Waals surface area contributed by atoms with Gasteiger partial charge in [0.2, 0.25) is 5.91 Å². The van der Waals surface area contributed by atoms with Crippen LogP contribution in [0.25, 0.3) is 0 Å². The summed E-state index contributed by atoms with van der Waals surface area (Å²) >= 11 is 0. The summed E-state index contributed by atoms with van der Waals surface area (Å²) in [7, 11) is 1.87. The van der Waals surface area contributed by atoms with Gasteiger partial charge in [-0.05, 0) is 18.8 Å². The van der Waals surface area contributed by atoms with E-state index in [-0.39, 0.29) is 29.9 Å². The van der Waals surface area contributed by atoms with Gasteiger partial charge < -0.3 is 15.1 Å². The van der Waals surface area contributed by atoms with Gasteiger partial charge in [-0.3, -0.25) is 14.7 Å². The number of hydrogen-bond donors (Lipinski definition) is 1.